The fourth-order valence-corrected chi connectivity index (χ4v) is 10.7. The van der Waals surface area contributed by atoms with Gasteiger partial charge in [-0.3, -0.25) is 62.5 Å². The highest BCUT2D eigenvalue weighted by Gasteiger charge is 2.61. The summed E-state index contributed by atoms with van der Waals surface area (Å²) in [6, 6.07) is 7.84. The third kappa shape index (κ3) is 16.0. The van der Waals surface area contributed by atoms with Crippen molar-refractivity contribution in [3.05, 3.63) is 96.1 Å². The summed E-state index contributed by atoms with van der Waals surface area (Å²) in [6.07, 6.45) is -17.6. The van der Waals surface area contributed by atoms with Crippen LogP contribution in [0.2, 0.25) is 0 Å². The summed E-state index contributed by atoms with van der Waals surface area (Å²) in [7, 11) is 1.27. The van der Waals surface area contributed by atoms with E-state index < -0.39 is 177 Å². The van der Waals surface area contributed by atoms with Gasteiger partial charge >= 0.3 is 41.8 Å². The maximum atomic E-state index is 14.7. The first-order valence-corrected chi connectivity index (χ1v) is 27.9. The Hall–Kier alpha value is -7.83. The largest absolute Gasteiger partial charge is 0.469 e. The highest BCUT2D eigenvalue weighted by molar-refractivity contribution is 6.22. The van der Waals surface area contributed by atoms with Crippen LogP contribution in [-0.2, 0) is 105 Å². The average molecular weight is 1220 g/mol. The number of imide groups is 2. The van der Waals surface area contributed by atoms with Gasteiger partial charge in [0, 0.05) is 54.6 Å². The van der Waals surface area contributed by atoms with Crippen molar-refractivity contribution in [2.75, 3.05) is 46.8 Å². The van der Waals surface area contributed by atoms with E-state index in [2.05, 4.69) is 13.2 Å². The first-order valence-electron chi connectivity index (χ1n) is 27.9. The predicted molar refractivity (Wildman–Crippen MR) is 290 cm³/mol. The number of fused-ring (bicyclic) bond motifs is 2. The lowest BCUT2D eigenvalue weighted by Gasteiger charge is -2.51. The molecule has 28 heteroatoms. The second kappa shape index (κ2) is 30.7. The molecule has 4 amide bonds. The zero-order valence-corrected chi connectivity index (χ0v) is 48.9. The first kappa shape index (κ1) is 66.7. The Morgan fingerprint density at radius 1 is 0.460 bits per heavy atom. The standard InChI is InChI=1S/C59H70N2O26/c1-10-24-74-51-48(87-58-45(61-55(71)38-21-16-17-22-39(38)56(61)72)50(83-35(8)67)47(81-33(6)65)41(85-58)28-78-31(4)63)42(86-59(52(51)75-25-11-2)76-26-18-12-13-23-43(68)73-9)29-79-57-44(60-53(69)36-19-14-15-20-37(36)54(60)70)49(82-34(7)66)46(80-32(5)64)40(84-57)27-77-30(3)62/h10-11,14-17,19-22,40-42,44-52,57-59H,1-2,12-13,18,23-29H2,3-9H3/t40-,41-,42-,44-,45-,46-,47-,48+,49-,50-,51+,52-,57-,58+,59-/m1/s1. The summed E-state index contributed by atoms with van der Waals surface area (Å²) in [4.78, 5) is 149. The number of benzene rings is 2. The summed E-state index contributed by atoms with van der Waals surface area (Å²) >= 11 is 0. The number of rotatable bonds is 28. The molecule has 0 unspecified atom stereocenters. The van der Waals surface area contributed by atoms with Crippen molar-refractivity contribution < 1.29 is 124 Å². The van der Waals surface area contributed by atoms with Crippen LogP contribution >= 0.6 is 0 Å². The van der Waals surface area contributed by atoms with Crippen molar-refractivity contribution in [2.45, 2.75) is 159 Å². The SMILES string of the molecule is C=CCO[C@H]1[C@@H](O[C@@H]2O[C@H](COC(C)=O)[C@@H](OC(C)=O)[C@H](OC(C)=O)[C@H]2N2C(=O)c3ccccc3C2=O)[C@@H](CO[C@@H]2O[C@H](COC(C)=O)[C@@H](OC(C)=O)[C@H](OC(C)=O)[C@H]2N2C(=O)c3ccccc3C2=O)O[C@@H](OCCCCCC(=O)OC)[C@@H]1OCC=C. The quantitative estimate of drug-likeness (QED) is 0.0388. The summed E-state index contributed by atoms with van der Waals surface area (Å²) in [5.74, 6) is -9.59. The first-order chi connectivity index (χ1) is 41.6. The number of amides is 4. The molecule has 5 aliphatic heterocycles. The second-order valence-electron chi connectivity index (χ2n) is 20.4. The number of carbonyl (C=O) groups excluding carboxylic acids is 11. The maximum absolute atomic E-state index is 14.7. The fraction of sp³-hybridized carbons (Fsp3) is 0.542. The molecule has 0 saturated carbocycles. The molecule has 472 valence electrons. The average Bonchev–Trinajstić information content (AvgIpc) is 2.11. The van der Waals surface area contributed by atoms with Gasteiger partial charge in [0.2, 0.25) is 0 Å². The zero-order chi connectivity index (χ0) is 63.2. The summed E-state index contributed by atoms with van der Waals surface area (Å²) in [5.41, 5.74) is -0.282. The molecule has 87 heavy (non-hydrogen) atoms. The molecule has 5 aliphatic rings. The molecular weight excluding hydrogens is 1150 g/mol. The molecule has 0 radical (unpaired) electrons. The van der Waals surface area contributed by atoms with E-state index >= 15 is 0 Å². The number of hydrogen-bond donors (Lipinski definition) is 0. The van der Waals surface area contributed by atoms with Gasteiger partial charge < -0.3 is 71.1 Å². The van der Waals surface area contributed by atoms with Gasteiger partial charge in [0.15, 0.2) is 43.3 Å². The Balaban J connectivity index is 1.40. The summed E-state index contributed by atoms with van der Waals surface area (Å²) in [5, 5.41) is 0. The van der Waals surface area contributed by atoms with Crippen LogP contribution in [0.25, 0.3) is 0 Å². The molecule has 0 spiro atoms. The van der Waals surface area contributed by atoms with Gasteiger partial charge in [-0.25, -0.2) is 0 Å². The minimum Gasteiger partial charge on any atom is -0.469 e. The minimum atomic E-state index is -2.02. The number of methoxy groups -OCH3 is 1. The highest BCUT2D eigenvalue weighted by atomic mass is 16.8. The molecule has 5 heterocycles. The maximum Gasteiger partial charge on any atom is 0.305 e. The Kier molecular flexibility index (Phi) is 23.5. The molecular formula is C59H70N2O26. The lowest BCUT2D eigenvalue weighted by atomic mass is 9.93. The van der Waals surface area contributed by atoms with E-state index in [1.165, 1.54) is 67.8 Å². The van der Waals surface area contributed by atoms with Gasteiger partial charge in [-0.05, 0) is 37.1 Å². The van der Waals surface area contributed by atoms with E-state index in [4.69, 9.17) is 71.1 Å². The normalized spacial score (nSPS) is 28.4. The molecule has 15 atom stereocenters. The molecule has 7 rings (SSSR count). The van der Waals surface area contributed by atoms with Gasteiger partial charge in [-0.1, -0.05) is 42.8 Å². The smallest absolute Gasteiger partial charge is 0.305 e. The minimum absolute atomic E-state index is 0.0347. The van der Waals surface area contributed by atoms with Crippen molar-refractivity contribution in [2.24, 2.45) is 0 Å². The Morgan fingerprint density at radius 3 is 1.29 bits per heavy atom. The number of carbonyl (C=O) groups is 11. The second-order valence-corrected chi connectivity index (χ2v) is 20.4. The number of nitrogens with zero attached hydrogens (tertiary/aromatic N) is 2. The van der Waals surface area contributed by atoms with Crippen molar-refractivity contribution in [1.29, 1.82) is 0 Å². The van der Waals surface area contributed by atoms with Crippen LogP contribution in [0.5, 0.6) is 0 Å². The lowest BCUT2D eigenvalue weighted by Crippen LogP contribution is -2.70. The lowest BCUT2D eigenvalue weighted by molar-refractivity contribution is -0.364. The van der Waals surface area contributed by atoms with Crippen molar-refractivity contribution in [3.8, 4) is 0 Å². The van der Waals surface area contributed by atoms with E-state index in [0.717, 1.165) is 46.4 Å². The molecule has 0 bridgehead atoms. The van der Waals surface area contributed by atoms with Gasteiger partial charge in [0.05, 0.1) is 49.2 Å². The molecule has 28 nitrogen and oxygen atoms in total. The Bertz CT molecular complexity index is 2840. The van der Waals surface area contributed by atoms with Crippen molar-refractivity contribution in [1.82, 2.24) is 9.80 Å². The van der Waals surface area contributed by atoms with E-state index in [-0.39, 0.29) is 48.5 Å². The molecule has 2 aromatic rings. The number of esters is 7. The van der Waals surface area contributed by atoms with Crippen LogP contribution in [0.3, 0.4) is 0 Å². The van der Waals surface area contributed by atoms with Gasteiger partial charge in [-0.2, -0.15) is 0 Å². The monoisotopic (exact) mass is 1220 g/mol. The zero-order valence-electron chi connectivity index (χ0n) is 48.9. The van der Waals surface area contributed by atoms with Gasteiger partial charge in [-0.15, -0.1) is 13.2 Å². The third-order valence-corrected chi connectivity index (χ3v) is 14.2. The summed E-state index contributed by atoms with van der Waals surface area (Å²) < 4.78 is 91.6. The highest BCUT2D eigenvalue weighted by Crippen LogP contribution is 2.41. The number of unbranched alkanes of at least 4 members (excludes halogenated alkanes) is 2. The number of hydrogen-bond acceptors (Lipinski definition) is 26. The molecule has 0 N–H and O–H groups in total. The van der Waals surface area contributed by atoms with Crippen LogP contribution < -0.4 is 0 Å². The van der Waals surface area contributed by atoms with Crippen molar-refractivity contribution >= 4 is 65.4 Å². The molecule has 0 aliphatic carbocycles. The summed E-state index contributed by atoms with van der Waals surface area (Å²) in [6.45, 7) is 11.2. The van der Waals surface area contributed by atoms with Gasteiger partial charge in [0.1, 0.15) is 61.9 Å². The predicted octanol–water partition coefficient (Wildman–Crippen LogP) is 2.64. The molecule has 0 aromatic heterocycles. The van der Waals surface area contributed by atoms with Crippen molar-refractivity contribution in [3.63, 3.8) is 0 Å². The third-order valence-electron chi connectivity index (χ3n) is 14.2. The van der Waals surface area contributed by atoms with Crippen LogP contribution in [-0.4, -0.2) is 214 Å². The fourth-order valence-electron chi connectivity index (χ4n) is 10.7. The van der Waals surface area contributed by atoms with Crippen LogP contribution in [0, 0.1) is 0 Å². The van der Waals surface area contributed by atoms with E-state index in [0.29, 0.717) is 24.2 Å². The topological polar surface area (TPSA) is 333 Å². The van der Waals surface area contributed by atoms with E-state index in [1.807, 2.05) is 0 Å². The van der Waals surface area contributed by atoms with Crippen LogP contribution in [0.15, 0.2) is 73.8 Å². The molecule has 3 saturated heterocycles. The van der Waals surface area contributed by atoms with E-state index in [1.54, 1.807) is 0 Å². The van der Waals surface area contributed by atoms with E-state index in [9.17, 15) is 52.7 Å². The Morgan fingerprint density at radius 2 is 0.862 bits per heavy atom. The molecule has 2 aromatic carbocycles. The number of ether oxygens (including phenoxy) is 15. The van der Waals surface area contributed by atoms with Gasteiger partial charge in [0.25, 0.3) is 23.6 Å². The Labute approximate surface area is 499 Å². The van der Waals surface area contributed by atoms with Crippen LogP contribution in [0.4, 0.5) is 0 Å². The molecule has 3 fully saturated rings. The van der Waals surface area contributed by atoms with Crippen LogP contribution in [0.1, 0.15) is 109 Å².